The summed E-state index contributed by atoms with van der Waals surface area (Å²) in [7, 11) is 0. The van der Waals surface area contributed by atoms with Gasteiger partial charge in [0, 0.05) is 23.3 Å². The fourth-order valence-electron chi connectivity index (χ4n) is 1.52. The Hall–Kier alpha value is -2.48. The van der Waals surface area contributed by atoms with Gasteiger partial charge in [-0.1, -0.05) is 0 Å². The van der Waals surface area contributed by atoms with Crippen LogP contribution in [0.1, 0.15) is 21.7 Å². The summed E-state index contributed by atoms with van der Waals surface area (Å²) in [5.41, 5.74) is 0.604. The van der Waals surface area contributed by atoms with Crippen molar-refractivity contribution in [3.05, 3.63) is 44.8 Å². The van der Waals surface area contributed by atoms with Crippen molar-refractivity contribution >= 4 is 28.3 Å². The van der Waals surface area contributed by atoms with Crippen molar-refractivity contribution in [3.63, 3.8) is 0 Å². The van der Waals surface area contributed by atoms with Crippen LogP contribution < -0.4 is 10.7 Å². The number of hydrogen-bond acceptors (Lipinski definition) is 5. The van der Waals surface area contributed by atoms with Crippen molar-refractivity contribution in [2.45, 2.75) is 13.3 Å². The predicted octanol–water partition coefficient (Wildman–Crippen LogP) is 1.02. The quantitative estimate of drug-likeness (QED) is 0.779. The molecule has 2 heterocycles. The van der Waals surface area contributed by atoms with Crippen LogP contribution in [0.5, 0.6) is 0 Å². The molecule has 104 valence electrons. The average molecular weight is 293 g/mol. The van der Waals surface area contributed by atoms with Crippen LogP contribution in [0.2, 0.25) is 0 Å². The standard InChI is InChI=1S/C12H11N3O4S/c1-6-2-9(16)8(4-13-6)11(19)15-12-14-7(5-20-12)3-10(17)18/h2,4-5H,3H2,1H3,(H,13,16)(H,17,18)(H,14,15,19). The molecule has 0 aromatic carbocycles. The minimum Gasteiger partial charge on any atom is -0.481 e. The zero-order chi connectivity index (χ0) is 14.7. The van der Waals surface area contributed by atoms with Crippen molar-refractivity contribution in [3.8, 4) is 0 Å². The van der Waals surface area contributed by atoms with Gasteiger partial charge in [-0.25, -0.2) is 4.98 Å². The van der Waals surface area contributed by atoms with E-state index >= 15 is 0 Å². The number of carbonyl (C=O) groups excluding carboxylic acids is 1. The Morgan fingerprint density at radius 1 is 1.50 bits per heavy atom. The monoisotopic (exact) mass is 293 g/mol. The van der Waals surface area contributed by atoms with Crippen molar-refractivity contribution in [2.24, 2.45) is 0 Å². The van der Waals surface area contributed by atoms with E-state index in [2.05, 4.69) is 15.3 Å². The number of carboxylic acids is 1. The highest BCUT2D eigenvalue weighted by Crippen LogP contribution is 2.16. The van der Waals surface area contributed by atoms with Crippen molar-refractivity contribution in [1.82, 2.24) is 9.97 Å². The van der Waals surface area contributed by atoms with Gasteiger partial charge in [0.15, 0.2) is 10.6 Å². The second-order valence-corrected chi connectivity index (χ2v) is 4.92. The molecule has 2 aromatic rings. The summed E-state index contributed by atoms with van der Waals surface area (Å²) in [5.74, 6) is -1.58. The van der Waals surface area contributed by atoms with Crippen LogP contribution in [0.3, 0.4) is 0 Å². The van der Waals surface area contributed by atoms with Gasteiger partial charge < -0.3 is 10.1 Å². The first-order valence-corrected chi connectivity index (χ1v) is 6.50. The lowest BCUT2D eigenvalue weighted by Gasteiger charge is -2.01. The molecule has 2 rings (SSSR count). The van der Waals surface area contributed by atoms with Gasteiger partial charge in [-0.05, 0) is 6.92 Å². The topological polar surface area (TPSA) is 112 Å². The van der Waals surface area contributed by atoms with Crippen molar-refractivity contribution in [1.29, 1.82) is 0 Å². The normalized spacial score (nSPS) is 10.2. The molecule has 0 unspecified atom stereocenters. The third-order valence-corrected chi connectivity index (χ3v) is 3.21. The molecule has 0 spiro atoms. The highest BCUT2D eigenvalue weighted by atomic mass is 32.1. The third kappa shape index (κ3) is 3.29. The smallest absolute Gasteiger partial charge is 0.309 e. The van der Waals surface area contributed by atoms with Gasteiger partial charge in [0.2, 0.25) is 0 Å². The molecule has 0 saturated carbocycles. The number of anilines is 1. The Bertz CT molecular complexity index is 719. The molecule has 0 atom stereocenters. The number of aliphatic carboxylic acids is 1. The molecule has 0 radical (unpaired) electrons. The van der Waals surface area contributed by atoms with Crippen molar-refractivity contribution < 1.29 is 14.7 Å². The molecule has 1 amide bonds. The van der Waals surface area contributed by atoms with Gasteiger partial charge in [0.05, 0.1) is 12.1 Å². The Labute approximate surface area is 117 Å². The number of nitrogens with zero attached hydrogens (tertiary/aromatic N) is 1. The molecule has 7 nitrogen and oxygen atoms in total. The van der Waals surface area contributed by atoms with Gasteiger partial charge in [-0.3, -0.25) is 19.7 Å². The Kier molecular flexibility index (Phi) is 3.94. The van der Waals surface area contributed by atoms with E-state index in [0.29, 0.717) is 11.4 Å². The molecule has 0 aliphatic heterocycles. The van der Waals surface area contributed by atoms with Gasteiger partial charge in [0.1, 0.15) is 5.56 Å². The maximum atomic E-state index is 11.9. The number of carbonyl (C=O) groups is 2. The van der Waals surface area contributed by atoms with E-state index in [1.54, 1.807) is 12.3 Å². The van der Waals surface area contributed by atoms with Gasteiger partial charge >= 0.3 is 5.97 Å². The maximum Gasteiger partial charge on any atom is 0.309 e. The van der Waals surface area contributed by atoms with Gasteiger partial charge in [-0.15, -0.1) is 11.3 Å². The van der Waals surface area contributed by atoms with Crippen LogP contribution in [0.25, 0.3) is 0 Å². The molecular weight excluding hydrogens is 282 g/mol. The van der Waals surface area contributed by atoms with Crippen LogP contribution in [0.4, 0.5) is 5.13 Å². The van der Waals surface area contributed by atoms with E-state index in [0.717, 1.165) is 11.3 Å². The molecule has 0 saturated heterocycles. The Balaban J connectivity index is 2.13. The minimum atomic E-state index is -0.997. The molecule has 2 aromatic heterocycles. The van der Waals surface area contributed by atoms with Crippen LogP contribution >= 0.6 is 11.3 Å². The summed E-state index contributed by atoms with van der Waals surface area (Å²) in [6, 6.07) is 1.33. The molecule has 0 aliphatic carbocycles. The molecular formula is C12H11N3O4S. The van der Waals surface area contributed by atoms with Crippen molar-refractivity contribution in [2.75, 3.05) is 5.32 Å². The fourth-order valence-corrected chi connectivity index (χ4v) is 2.22. The summed E-state index contributed by atoms with van der Waals surface area (Å²) in [6.45, 7) is 1.71. The molecule has 0 aliphatic rings. The summed E-state index contributed by atoms with van der Waals surface area (Å²) in [5, 5.41) is 12.9. The largest absolute Gasteiger partial charge is 0.481 e. The maximum absolute atomic E-state index is 11.9. The number of amides is 1. The minimum absolute atomic E-state index is 0.0226. The lowest BCUT2D eigenvalue weighted by Crippen LogP contribution is -2.21. The SMILES string of the molecule is Cc1cc(=O)c(C(=O)Nc2nc(CC(=O)O)cs2)c[nH]1. The zero-order valence-electron chi connectivity index (χ0n) is 10.5. The predicted molar refractivity (Wildman–Crippen MR) is 73.2 cm³/mol. The molecule has 20 heavy (non-hydrogen) atoms. The lowest BCUT2D eigenvalue weighted by atomic mass is 10.2. The number of aromatic amines is 1. The first kappa shape index (κ1) is 13.9. The zero-order valence-corrected chi connectivity index (χ0v) is 11.3. The average Bonchev–Trinajstić information content (AvgIpc) is 2.75. The van der Waals surface area contributed by atoms with E-state index in [1.807, 2.05) is 0 Å². The number of aromatic nitrogens is 2. The van der Waals surface area contributed by atoms with E-state index in [1.165, 1.54) is 12.3 Å². The van der Waals surface area contributed by atoms with Crippen LogP contribution in [0.15, 0.2) is 22.4 Å². The number of pyridine rings is 1. The van der Waals surface area contributed by atoms with E-state index < -0.39 is 11.9 Å². The second-order valence-electron chi connectivity index (χ2n) is 4.06. The number of nitrogens with one attached hydrogen (secondary N) is 2. The van der Waals surface area contributed by atoms with Gasteiger partial charge in [-0.2, -0.15) is 0 Å². The van der Waals surface area contributed by atoms with E-state index in [9.17, 15) is 14.4 Å². The number of thiazole rings is 1. The number of aryl methyl sites for hydroxylation is 1. The highest BCUT2D eigenvalue weighted by Gasteiger charge is 2.13. The molecule has 0 fully saturated rings. The summed E-state index contributed by atoms with van der Waals surface area (Å²) in [6.07, 6.45) is 1.12. The van der Waals surface area contributed by atoms with Crippen LogP contribution in [-0.4, -0.2) is 27.0 Å². The van der Waals surface area contributed by atoms with Crippen LogP contribution in [-0.2, 0) is 11.2 Å². The van der Waals surface area contributed by atoms with Gasteiger partial charge in [0.25, 0.3) is 5.91 Å². The van der Waals surface area contributed by atoms with E-state index in [4.69, 9.17) is 5.11 Å². The summed E-state index contributed by atoms with van der Waals surface area (Å²) >= 11 is 1.10. The number of hydrogen-bond donors (Lipinski definition) is 3. The second kappa shape index (κ2) is 5.66. The molecule has 3 N–H and O–H groups in total. The van der Waals surface area contributed by atoms with Crippen LogP contribution in [0, 0.1) is 6.92 Å². The first-order valence-electron chi connectivity index (χ1n) is 5.62. The summed E-state index contributed by atoms with van der Waals surface area (Å²) < 4.78 is 0. The fraction of sp³-hybridized carbons (Fsp3) is 0.167. The Morgan fingerprint density at radius 3 is 2.90 bits per heavy atom. The first-order chi connectivity index (χ1) is 9.45. The Morgan fingerprint density at radius 2 is 2.25 bits per heavy atom. The summed E-state index contributed by atoms with van der Waals surface area (Å²) in [4.78, 5) is 40.8. The number of rotatable bonds is 4. The number of H-pyrrole nitrogens is 1. The molecule has 0 bridgehead atoms. The van der Waals surface area contributed by atoms with E-state index in [-0.39, 0.29) is 22.5 Å². The highest BCUT2D eigenvalue weighted by molar-refractivity contribution is 7.14. The lowest BCUT2D eigenvalue weighted by molar-refractivity contribution is -0.136. The third-order valence-electron chi connectivity index (χ3n) is 2.41. The number of carboxylic acid groups (broad SMARTS) is 1. The molecule has 8 heteroatoms.